The van der Waals surface area contributed by atoms with Crippen LogP contribution in [0.15, 0.2) is 26.5 Å². The summed E-state index contributed by atoms with van der Waals surface area (Å²) in [6.07, 6.45) is 3.33. The van der Waals surface area contributed by atoms with Crippen LogP contribution in [-0.2, 0) is 6.42 Å². The van der Waals surface area contributed by atoms with Gasteiger partial charge in [-0.05, 0) is 74.9 Å². The van der Waals surface area contributed by atoms with Gasteiger partial charge in [-0.1, -0.05) is 11.6 Å². The second-order valence-corrected chi connectivity index (χ2v) is 8.54. The van der Waals surface area contributed by atoms with E-state index in [9.17, 15) is 4.39 Å². The molecule has 1 nitrogen and oxygen atoms in total. The molecule has 1 aromatic heterocycles. The van der Waals surface area contributed by atoms with Crippen LogP contribution in [0.25, 0.3) is 0 Å². The summed E-state index contributed by atoms with van der Waals surface area (Å²) in [5.74, 6) is -0.338. The zero-order valence-corrected chi connectivity index (χ0v) is 15.1. The molecule has 6 heteroatoms. The molecule has 1 unspecified atom stereocenters. The summed E-state index contributed by atoms with van der Waals surface area (Å²) < 4.78 is 15.1. The van der Waals surface area contributed by atoms with Gasteiger partial charge in [0.05, 0.1) is 20.5 Å². The second kappa shape index (κ2) is 5.95. The van der Waals surface area contributed by atoms with E-state index in [1.165, 1.54) is 22.6 Å². The van der Waals surface area contributed by atoms with E-state index in [2.05, 4.69) is 43.2 Å². The van der Waals surface area contributed by atoms with Crippen molar-refractivity contribution in [1.29, 1.82) is 0 Å². The molecule has 2 aromatic rings. The minimum atomic E-state index is -0.338. The summed E-state index contributed by atoms with van der Waals surface area (Å²) in [6, 6.07) is 5.16. The molecule has 0 aliphatic heterocycles. The van der Waals surface area contributed by atoms with E-state index in [1.807, 2.05) is 0 Å². The van der Waals surface area contributed by atoms with E-state index in [4.69, 9.17) is 11.6 Å². The van der Waals surface area contributed by atoms with Crippen LogP contribution in [-0.4, -0.2) is 0 Å². The van der Waals surface area contributed by atoms with Crippen LogP contribution in [0.1, 0.15) is 29.3 Å². The maximum absolute atomic E-state index is 13.3. The van der Waals surface area contributed by atoms with Gasteiger partial charge in [-0.15, -0.1) is 11.3 Å². The molecule has 0 fully saturated rings. The first-order valence-electron chi connectivity index (χ1n) is 6.24. The van der Waals surface area contributed by atoms with Crippen molar-refractivity contribution in [1.82, 2.24) is 0 Å². The predicted octanol–water partition coefficient (Wildman–Crippen LogP) is 6.56. The zero-order chi connectivity index (χ0) is 14.3. The third-order valence-electron chi connectivity index (χ3n) is 3.41. The molecule has 0 bridgehead atoms. The van der Waals surface area contributed by atoms with E-state index in [0.29, 0.717) is 9.50 Å². The van der Waals surface area contributed by atoms with Gasteiger partial charge in [0.25, 0.3) is 0 Å². The van der Waals surface area contributed by atoms with Crippen LogP contribution in [0.3, 0.4) is 0 Å². The molecule has 0 radical (unpaired) electrons. The lowest BCUT2D eigenvalue weighted by Gasteiger charge is -2.25. The number of hydrogen-bond acceptors (Lipinski definition) is 2. The maximum Gasteiger partial charge on any atom is 0.125 e. The lowest BCUT2D eigenvalue weighted by Crippen LogP contribution is -2.16. The van der Waals surface area contributed by atoms with Crippen molar-refractivity contribution in [3.63, 3.8) is 0 Å². The molecule has 3 rings (SSSR count). The number of hydrogen-bond donors (Lipinski definition) is 1. The van der Waals surface area contributed by atoms with Gasteiger partial charge >= 0.3 is 0 Å². The molecule has 0 saturated heterocycles. The average Bonchev–Trinajstić information content (AvgIpc) is 2.74. The number of fused-ring (bicyclic) bond motifs is 1. The number of thiophene rings is 1. The van der Waals surface area contributed by atoms with Crippen molar-refractivity contribution >= 4 is 60.5 Å². The summed E-state index contributed by atoms with van der Waals surface area (Å²) in [7, 11) is 0. The van der Waals surface area contributed by atoms with E-state index in [0.717, 1.165) is 28.7 Å². The molecule has 1 aliphatic rings. The van der Waals surface area contributed by atoms with Crippen LogP contribution in [0.2, 0.25) is 5.02 Å². The largest absolute Gasteiger partial charge is 0.376 e. The van der Waals surface area contributed by atoms with E-state index < -0.39 is 0 Å². The lowest BCUT2D eigenvalue weighted by molar-refractivity contribution is 0.607. The topological polar surface area (TPSA) is 12.0 Å². The predicted molar refractivity (Wildman–Crippen MR) is 90.4 cm³/mol. The highest BCUT2D eigenvalue weighted by molar-refractivity contribution is 9.11. The number of benzene rings is 1. The van der Waals surface area contributed by atoms with E-state index >= 15 is 0 Å². The molecule has 1 atom stereocenters. The molecule has 0 amide bonds. The smallest absolute Gasteiger partial charge is 0.125 e. The third kappa shape index (κ3) is 2.91. The Morgan fingerprint density at radius 3 is 2.85 bits per heavy atom. The van der Waals surface area contributed by atoms with Crippen molar-refractivity contribution in [2.75, 3.05) is 5.32 Å². The fourth-order valence-electron chi connectivity index (χ4n) is 2.53. The first-order valence-corrected chi connectivity index (χ1v) is 9.02. The van der Waals surface area contributed by atoms with Gasteiger partial charge in [0.2, 0.25) is 0 Å². The molecular formula is C14H11Br2ClFNS. The summed E-state index contributed by atoms with van der Waals surface area (Å²) in [4.78, 5) is 1.41. The molecule has 106 valence electrons. The number of halogens is 4. The van der Waals surface area contributed by atoms with Crippen LogP contribution in [0.5, 0.6) is 0 Å². The minimum absolute atomic E-state index is 0.223. The molecule has 0 spiro atoms. The standard InChI is InChI=1S/C14H11Br2ClFNS/c15-9-4-7(18)5-10(17)14(9)19-11-2-1-3-12-8(11)6-13(16)20-12/h4-6,11,19H,1-3H2. The first-order chi connectivity index (χ1) is 9.54. The lowest BCUT2D eigenvalue weighted by atomic mass is 9.94. The number of nitrogens with one attached hydrogen (secondary N) is 1. The fraction of sp³-hybridized carbons (Fsp3) is 0.286. The van der Waals surface area contributed by atoms with Crippen molar-refractivity contribution < 1.29 is 4.39 Å². The second-order valence-electron chi connectivity index (χ2n) is 4.76. The maximum atomic E-state index is 13.3. The Hall–Kier alpha value is -0.100. The Morgan fingerprint density at radius 2 is 2.10 bits per heavy atom. The van der Waals surface area contributed by atoms with Crippen LogP contribution >= 0.6 is 54.8 Å². The van der Waals surface area contributed by atoms with Gasteiger partial charge in [-0.3, -0.25) is 0 Å². The summed E-state index contributed by atoms with van der Waals surface area (Å²) in [5.41, 5.74) is 2.08. The molecule has 20 heavy (non-hydrogen) atoms. The third-order valence-corrected chi connectivity index (χ3v) is 6.05. The van der Waals surface area contributed by atoms with Crippen molar-refractivity contribution in [3.8, 4) is 0 Å². The quantitative estimate of drug-likeness (QED) is 0.559. The Morgan fingerprint density at radius 1 is 1.30 bits per heavy atom. The average molecular weight is 440 g/mol. The monoisotopic (exact) mass is 437 g/mol. The highest BCUT2D eigenvalue weighted by atomic mass is 79.9. The van der Waals surface area contributed by atoms with Gasteiger partial charge < -0.3 is 5.32 Å². The Kier molecular flexibility index (Phi) is 4.41. The van der Waals surface area contributed by atoms with E-state index in [-0.39, 0.29) is 11.9 Å². The van der Waals surface area contributed by atoms with Crippen molar-refractivity contribution in [3.05, 3.63) is 47.7 Å². The molecule has 1 aromatic carbocycles. The van der Waals surface area contributed by atoms with Crippen molar-refractivity contribution in [2.45, 2.75) is 25.3 Å². The Balaban J connectivity index is 1.93. The van der Waals surface area contributed by atoms with Crippen molar-refractivity contribution in [2.24, 2.45) is 0 Å². The zero-order valence-electron chi connectivity index (χ0n) is 10.4. The highest BCUT2D eigenvalue weighted by Crippen LogP contribution is 2.42. The van der Waals surface area contributed by atoms with Crippen LogP contribution in [0, 0.1) is 5.82 Å². The van der Waals surface area contributed by atoms with Crippen LogP contribution in [0.4, 0.5) is 10.1 Å². The molecule has 1 aliphatic carbocycles. The summed E-state index contributed by atoms with van der Waals surface area (Å²) in [5, 5.41) is 3.86. The van der Waals surface area contributed by atoms with E-state index in [1.54, 1.807) is 11.3 Å². The van der Waals surface area contributed by atoms with Gasteiger partial charge in [-0.25, -0.2) is 4.39 Å². The number of rotatable bonds is 2. The molecule has 1 N–H and O–H groups in total. The highest BCUT2D eigenvalue weighted by Gasteiger charge is 2.24. The Bertz CT molecular complexity index is 636. The molecule has 1 heterocycles. The molecule has 0 saturated carbocycles. The summed E-state index contributed by atoms with van der Waals surface area (Å²) >= 11 is 14.9. The van der Waals surface area contributed by atoms with Gasteiger partial charge in [0, 0.05) is 9.35 Å². The number of anilines is 1. The first kappa shape index (κ1) is 14.8. The SMILES string of the molecule is Fc1cc(Cl)c(NC2CCCc3sc(Br)cc32)c(Br)c1. The van der Waals surface area contributed by atoms with Crippen LogP contribution < -0.4 is 5.32 Å². The number of aryl methyl sites for hydroxylation is 1. The van der Waals surface area contributed by atoms with Gasteiger partial charge in [-0.2, -0.15) is 0 Å². The fourth-order valence-corrected chi connectivity index (χ4v) is 5.27. The van der Waals surface area contributed by atoms with Gasteiger partial charge in [0.1, 0.15) is 5.82 Å². The minimum Gasteiger partial charge on any atom is -0.376 e. The summed E-state index contributed by atoms with van der Waals surface area (Å²) in [6.45, 7) is 0. The van der Waals surface area contributed by atoms with Gasteiger partial charge in [0.15, 0.2) is 0 Å². The Labute approximate surface area is 142 Å². The molecular weight excluding hydrogens is 428 g/mol. The normalized spacial score (nSPS) is 17.9.